The maximum absolute atomic E-state index is 12.5. The van der Waals surface area contributed by atoms with Gasteiger partial charge in [-0.15, -0.1) is 0 Å². The molecule has 1 aromatic heterocycles. The molecule has 2 aromatic carbocycles. The SMILES string of the molecule is O=C1c2ccccc2C(=O)N1CCc1cncn1Cc1ccc([N+](=O)[O-])cc1. The summed E-state index contributed by atoms with van der Waals surface area (Å²) in [6, 6.07) is 13.1. The molecule has 0 atom stereocenters. The lowest BCUT2D eigenvalue weighted by Gasteiger charge is -2.14. The second-order valence-electron chi connectivity index (χ2n) is 6.49. The van der Waals surface area contributed by atoms with Crippen molar-refractivity contribution in [1.29, 1.82) is 0 Å². The van der Waals surface area contributed by atoms with Gasteiger partial charge in [0.15, 0.2) is 0 Å². The number of carbonyl (C=O) groups is 2. The minimum absolute atomic E-state index is 0.0419. The van der Waals surface area contributed by atoms with Gasteiger partial charge in [0.05, 0.1) is 22.4 Å². The van der Waals surface area contributed by atoms with Gasteiger partial charge in [-0.1, -0.05) is 24.3 Å². The fourth-order valence-electron chi connectivity index (χ4n) is 3.29. The van der Waals surface area contributed by atoms with E-state index < -0.39 is 4.92 Å². The number of amides is 2. The Morgan fingerprint density at radius 2 is 1.61 bits per heavy atom. The van der Waals surface area contributed by atoms with Crippen molar-refractivity contribution in [2.75, 3.05) is 6.54 Å². The van der Waals surface area contributed by atoms with E-state index in [1.165, 1.54) is 17.0 Å². The standard InChI is InChI=1S/C20H16N4O4/c25-19-17-3-1-2-4-18(17)20(26)23(19)10-9-16-11-21-13-22(16)12-14-5-7-15(8-6-14)24(27)28/h1-8,11,13H,9-10,12H2. The normalized spacial score (nSPS) is 13.1. The number of nitrogens with zero attached hydrogens (tertiary/aromatic N) is 4. The smallest absolute Gasteiger partial charge is 0.269 e. The van der Waals surface area contributed by atoms with Gasteiger partial charge in [-0.25, -0.2) is 4.98 Å². The number of hydrogen-bond acceptors (Lipinski definition) is 5. The van der Waals surface area contributed by atoms with Gasteiger partial charge in [0.25, 0.3) is 17.5 Å². The molecule has 0 radical (unpaired) electrons. The number of hydrogen-bond donors (Lipinski definition) is 0. The largest absolute Gasteiger partial charge is 0.330 e. The molecule has 2 heterocycles. The molecule has 0 saturated heterocycles. The number of aromatic nitrogens is 2. The van der Waals surface area contributed by atoms with Crippen LogP contribution in [0.3, 0.4) is 0 Å². The highest BCUT2D eigenvalue weighted by Crippen LogP contribution is 2.22. The first-order chi connectivity index (χ1) is 13.5. The Morgan fingerprint density at radius 1 is 0.964 bits per heavy atom. The molecule has 0 unspecified atom stereocenters. The third-order valence-electron chi connectivity index (χ3n) is 4.77. The lowest BCUT2D eigenvalue weighted by atomic mass is 10.1. The van der Waals surface area contributed by atoms with E-state index >= 15 is 0 Å². The van der Waals surface area contributed by atoms with E-state index in [0.29, 0.717) is 24.1 Å². The van der Waals surface area contributed by atoms with E-state index in [2.05, 4.69) is 4.98 Å². The first-order valence-corrected chi connectivity index (χ1v) is 8.72. The van der Waals surface area contributed by atoms with Crippen molar-refractivity contribution in [3.63, 3.8) is 0 Å². The summed E-state index contributed by atoms with van der Waals surface area (Å²) in [7, 11) is 0. The van der Waals surface area contributed by atoms with E-state index in [9.17, 15) is 19.7 Å². The van der Waals surface area contributed by atoms with Gasteiger partial charge in [-0.3, -0.25) is 24.6 Å². The van der Waals surface area contributed by atoms with Crippen LogP contribution in [-0.4, -0.2) is 37.7 Å². The summed E-state index contributed by atoms with van der Waals surface area (Å²) in [4.78, 5) is 40.6. The van der Waals surface area contributed by atoms with Crippen LogP contribution in [-0.2, 0) is 13.0 Å². The van der Waals surface area contributed by atoms with Crippen LogP contribution in [0, 0.1) is 10.1 Å². The Balaban J connectivity index is 1.45. The van der Waals surface area contributed by atoms with Gasteiger partial charge in [0.2, 0.25) is 0 Å². The number of carbonyl (C=O) groups excluding carboxylic acids is 2. The van der Waals surface area contributed by atoms with Gasteiger partial charge in [-0.2, -0.15) is 0 Å². The lowest BCUT2D eigenvalue weighted by molar-refractivity contribution is -0.384. The first-order valence-electron chi connectivity index (χ1n) is 8.72. The molecule has 0 bridgehead atoms. The molecule has 2 amide bonds. The van der Waals surface area contributed by atoms with Crippen molar-refractivity contribution in [1.82, 2.24) is 14.5 Å². The van der Waals surface area contributed by atoms with Gasteiger partial charge >= 0.3 is 0 Å². The van der Waals surface area contributed by atoms with Crippen LogP contribution in [0.4, 0.5) is 5.69 Å². The van der Waals surface area contributed by atoms with Crippen LogP contribution in [0.25, 0.3) is 0 Å². The zero-order valence-corrected chi connectivity index (χ0v) is 14.8. The van der Waals surface area contributed by atoms with Crippen LogP contribution in [0.2, 0.25) is 0 Å². The van der Waals surface area contributed by atoms with Crippen molar-refractivity contribution >= 4 is 17.5 Å². The fourth-order valence-corrected chi connectivity index (χ4v) is 3.29. The maximum Gasteiger partial charge on any atom is 0.269 e. The summed E-state index contributed by atoms with van der Waals surface area (Å²) < 4.78 is 1.90. The van der Waals surface area contributed by atoms with E-state index in [1.54, 1.807) is 48.9 Å². The van der Waals surface area contributed by atoms with Gasteiger partial charge in [0.1, 0.15) is 0 Å². The van der Waals surface area contributed by atoms with Crippen molar-refractivity contribution < 1.29 is 14.5 Å². The molecule has 0 aliphatic carbocycles. The summed E-state index contributed by atoms with van der Waals surface area (Å²) in [5.41, 5.74) is 2.68. The third-order valence-corrected chi connectivity index (χ3v) is 4.77. The molecule has 0 spiro atoms. The number of nitro groups is 1. The predicted octanol–water partition coefficient (Wildman–Crippen LogP) is 2.68. The monoisotopic (exact) mass is 376 g/mol. The second kappa shape index (κ2) is 7.07. The predicted molar refractivity (Wildman–Crippen MR) is 99.9 cm³/mol. The number of nitro benzene ring substituents is 1. The van der Waals surface area contributed by atoms with E-state index in [1.807, 2.05) is 4.57 Å². The van der Waals surface area contributed by atoms with Gasteiger partial charge in [-0.05, 0) is 17.7 Å². The summed E-state index contributed by atoms with van der Waals surface area (Å²) in [6.45, 7) is 0.758. The van der Waals surface area contributed by atoms with E-state index in [4.69, 9.17) is 0 Å². The molecule has 28 heavy (non-hydrogen) atoms. The molecular weight excluding hydrogens is 360 g/mol. The molecule has 8 nitrogen and oxygen atoms in total. The summed E-state index contributed by atoms with van der Waals surface area (Å²) in [5.74, 6) is -0.552. The zero-order valence-electron chi connectivity index (χ0n) is 14.8. The van der Waals surface area contributed by atoms with Gasteiger partial charge < -0.3 is 4.57 Å². The fraction of sp³-hybridized carbons (Fsp3) is 0.150. The first kappa shape index (κ1) is 17.6. The zero-order chi connectivity index (χ0) is 19.7. The number of rotatable bonds is 6. The highest BCUT2D eigenvalue weighted by atomic mass is 16.6. The van der Waals surface area contributed by atoms with E-state index in [0.717, 1.165) is 11.3 Å². The van der Waals surface area contributed by atoms with Crippen LogP contribution < -0.4 is 0 Å². The highest BCUT2D eigenvalue weighted by molar-refractivity contribution is 6.21. The Bertz CT molecular complexity index is 1040. The number of benzene rings is 2. The van der Waals surface area contributed by atoms with Crippen molar-refractivity contribution in [2.24, 2.45) is 0 Å². The van der Waals surface area contributed by atoms with Crippen molar-refractivity contribution in [2.45, 2.75) is 13.0 Å². The molecule has 8 heteroatoms. The third kappa shape index (κ3) is 3.16. The molecule has 0 N–H and O–H groups in total. The maximum atomic E-state index is 12.5. The quantitative estimate of drug-likeness (QED) is 0.374. The van der Waals surface area contributed by atoms with Crippen molar-refractivity contribution in [3.8, 4) is 0 Å². The number of imide groups is 1. The summed E-state index contributed by atoms with van der Waals surface area (Å²) >= 11 is 0. The average Bonchev–Trinajstić information content (AvgIpc) is 3.24. The Kier molecular flexibility index (Phi) is 4.44. The Hall–Kier alpha value is -3.81. The summed E-state index contributed by atoms with van der Waals surface area (Å²) in [6.07, 6.45) is 3.83. The molecule has 140 valence electrons. The Morgan fingerprint density at radius 3 is 2.21 bits per heavy atom. The molecular formula is C20H16N4O4. The van der Waals surface area contributed by atoms with Gasteiger partial charge in [0, 0.05) is 43.5 Å². The average molecular weight is 376 g/mol. The summed E-state index contributed by atoms with van der Waals surface area (Å²) in [5, 5.41) is 10.8. The molecule has 1 aliphatic heterocycles. The van der Waals surface area contributed by atoms with Crippen LogP contribution in [0.5, 0.6) is 0 Å². The van der Waals surface area contributed by atoms with E-state index in [-0.39, 0.29) is 24.0 Å². The number of non-ortho nitro benzene ring substituents is 1. The minimum atomic E-state index is -0.436. The van der Waals surface area contributed by atoms with Crippen molar-refractivity contribution in [3.05, 3.63) is 93.6 Å². The molecule has 1 aliphatic rings. The minimum Gasteiger partial charge on any atom is -0.330 e. The Labute approximate surface area is 160 Å². The highest BCUT2D eigenvalue weighted by Gasteiger charge is 2.34. The molecule has 0 fully saturated rings. The van der Waals surface area contributed by atoms with Crippen LogP contribution >= 0.6 is 0 Å². The molecule has 0 saturated carbocycles. The number of imidazole rings is 1. The second-order valence-corrected chi connectivity index (χ2v) is 6.49. The molecule has 3 aromatic rings. The topological polar surface area (TPSA) is 98.3 Å². The lowest BCUT2D eigenvalue weighted by Crippen LogP contribution is -2.32. The number of fused-ring (bicyclic) bond motifs is 1. The van der Waals surface area contributed by atoms with Crippen LogP contribution in [0.1, 0.15) is 32.0 Å². The van der Waals surface area contributed by atoms with Crippen LogP contribution in [0.15, 0.2) is 61.1 Å². The molecule has 4 rings (SSSR count).